The van der Waals surface area contributed by atoms with Gasteiger partial charge < -0.3 is 10.2 Å². The summed E-state index contributed by atoms with van der Waals surface area (Å²) in [6.45, 7) is 0. The average molecular weight is 253 g/mol. The Labute approximate surface area is 97.3 Å². The first kappa shape index (κ1) is 12.7. The molecule has 0 aliphatic carbocycles. The zero-order chi connectivity index (χ0) is 11.4. The number of aliphatic hydroxyl groups excluding tert-OH is 2. The van der Waals surface area contributed by atoms with E-state index in [1.54, 1.807) is 0 Å². The maximum atomic E-state index is 13.3. The lowest BCUT2D eigenvalue weighted by atomic mass is 10.0. The predicted octanol–water partition coefficient (Wildman–Crippen LogP) is 2.50. The second-order valence-electron chi connectivity index (χ2n) is 3.13. The molecule has 0 aliphatic heterocycles. The molecule has 84 valence electrons. The number of hydrogen-bond acceptors (Lipinski definition) is 2. The van der Waals surface area contributed by atoms with Crippen molar-refractivity contribution in [2.45, 2.75) is 18.6 Å². The monoisotopic (exact) mass is 252 g/mol. The van der Waals surface area contributed by atoms with Crippen molar-refractivity contribution in [3.63, 3.8) is 0 Å². The van der Waals surface area contributed by atoms with Gasteiger partial charge in [-0.3, -0.25) is 0 Å². The first-order valence-electron chi connectivity index (χ1n) is 4.44. The summed E-state index contributed by atoms with van der Waals surface area (Å²) >= 11 is 11.1. The van der Waals surface area contributed by atoms with Crippen LogP contribution in [-0.2, 0) is 0 Å². The maximum absolute atomic E-state index is 13.3. The normalized spacial score (nSPS) is 15.0. The van der Waals surface area contributed by atoms with Crippen molar-refractivity contribution in [3.8, 4) is 0 Å². The van der Waals surface area contributed by atoms with E-state index in [-0.39, 0.29) is 22.9 Å². The second kappa shape index (κ2) is 5.66. The summed E-state index contributed by atoms with van der Waals surface area (Å²) in [7, 11) is 0. The molecule has 2 atom stereocenters. The van der Waals surface area contributed by atoms with Crippen molar-refractivity contribution in [1.29, 1.82) is 0 Å². The molecule has 1 aromatic carbocycles. The van der Waals surface area contributed by atoms with Gasteiger partial charge in [-0.15, -0.1) is 11.6 Å². The summed E-state index contributed by atoms with van der Waals surface area (Å²) in [5.74, 6) is -0.451. The third-order valence-electron chi connectivity index (χ3n) is 2.06. The van der Waals surface area contributed by atoms with Crippen molar-refractivity contribution < 1.29 is 14.6 Å². The quantitative estimate of drug-likeness (QED) is 0.809. The molecule has 0 amide bonds. The summed E-state index contributed by atoms with van der Waals surface area (Å²) < 4.78 is 13.3. The van der Waals surface area contributed by atoms with Crippen LogP contribution in [0.25, 0.3) is 0 Å². The highest BCUT2D eigenvalue weighted by Crippen LogP contribution is 2.28. The van der Waals surface area contributed by atoms with Gasteiger partial charge in [-0.05, 0) is 18.6 Å². The van der Waals surface area contributed by atoms with Crippen LogP contribution in [0.1, 0.15) is 18.1 Å². The average Bonchev–Trinajstić information content (AvgIpc) is 2.17. The van der Waals surface area contributed by atoms with Crippen LogP contribution in [0.5, 0.6) is 0 Å². The van der Waals surface area contributed by atoms with E-state index in [1.807, 2.05) is 0 Å². The summed E-state index contributed by atoms with van der Waals surface area (Å²) in [4.78, 5) is 0. The molecule has 0 fully saturated rings. The largest absolute Gasteiger partial charge is 0.390 e. The van der Waals surface area contributed by atoms with Gasteiger partial charge >= 0.3 is 0 Å². The second-order valence-corrected chi connectivity index (χ2v) is 3.91. The number of hydrogen-bond donors (Lipinski definition) is 2. The molecule has 15 heavy (non-hydrogen) atoms. The Hall–Kier alpha value is -0.350. The Bertz CT molecular complexity index is 313. The molecule has 0 saturated heterocycles. The fourth-order valence-corrected chi connectivity index (χ4v) is 1.75. The van der Waals surface area contributed by atoms with E-state index in [0.717, 1.165) is 0 Å². The summed E-state index contributed by atoms with van der Waals surface area (Å²) in [5, 5.41) is 19.2. The highest BCUT2D eigenvalue weighted by Gasteiger charge is 2.23. The Morgan fingerprint density at radius 2 is 2.00 bits per heavy atom. The van der Waals surface area contributed by atoms with Crippen LogP contribution in [-0.4, -0.2) is 22.2 Å². The van der Waals surface area contributed by atoms with Crippen LogP contribution in [0.3, 0.4) is 0 Å². The molecular weight excluding hydrogens is 242 g/mol. The van der Waals surface area contributed by atoms with E-state index >= 15 is 0 Å². The minimum atomic E-state index is -1.35. The molecule has 2 N–H and O–H groups in total. The van der Waals surface area contributed by atoms with Crippen LogP contribution >= 0.6 is 23.2 Å². The number of rotatable bonds is 4. The molecule has 0 radical (unpaired) electrons. The first-order chi connectivity index (χ1) is 7.07. The zero-order valence-corrected chi connectivity index (χ0v) is 9.34. The molecule has 0 bridgehead atoms. The van der Waals surface area contributed by atoms with E-state index in [0.29, 0.717) is 0 Å². The molecule has 0 saturated carbocycles. The van der Waals surface area contributed by atoms with Gasteiger partial charge in [-0.25, -0.2) is 4.39 Å². The fourth-order valence-electron chi connectivity index (χ4n) is 1.26. The first-order valence-corrected chi connectivity index (χ1v) is 5.35. The molecule has 2 nitrogen and oxygen atoms in total. The minimum absolute atomic E-state index is 0.0863. The summed E-state index contributed by atoms with van der Waals surface area (Å²) in [5.41, 5.74) is -0.0863. The van der Waals surface area contributed by atoms with E-state index in [9.17, 15) is 14.6 Å². The lowest BCUT2D eigenvalue weighted by Crippen LogP contribution is -2.20. The standard InChI is InChI=1S/C10H11Cl2FO2/c11-5-4-8(14)10(15)9-6(12)2-1-3-7(9)13/h1-3,8,10,14-15H,4-5H2. The Kier molecular flexibility index (Phi) is 4.80. The summed E-state index contributed by atoms with van der Waals surface area (Å²) in [6.07, 6.45) is -2.29. The van der Waals surface area contributed by atoms with E-state index < -0.39 is 18.0 Å². The van der Waals surface area contributed by atoms with Gasteiger partial charge in [0, 0.05) is 16.5 Å². The van der Waals surface area contributed by atoms with Crippen molar-refractivity contribution in [1.82, 2.24) is 0 Å². The van der Waals surface area contributed by atoms with Crippen molar-refractivity contribution in [2.24, 2.45) is 0 Å². The zero-order valence-electron chi connectivity index (χ0n) is 7.83. The highest BCUT2D eigenvalue weighted by molar-refractivity contribution is 6.31. The van der Waals surface area contributed by atoms with E-state index in [4.69, 9.17) is 23.2 Å². The molecular formula is C10H11Cl2FO2. The number of alkyl halides is 1. The van der Waals surface area contributed by atoms with Crippen LogP contribution in [0.4, 0.5) is 4.39 Å². The molecule has 0 spiro atoms. The predicted molar refractivity (Wildman–Crippen MR) is 57.7 cm³/mol. The van der Waals surface area contributed by atoms with Crippen LogP contribution < -0.4 is 0 Å². The third-order valence-corrected chi connectivity index (χ3v) is 2.61. The van der Waals surface area contributed by atoms with Gasteiger partial charge in [-0.1, -0.05) is 17.7 Å². The topological polar surface area (TPSA) is 40.5 Å². The Morgan fingerprint density at radius 1 is 1.33 bits per heavy atom. The number of benzene rings is 1. The van der Waals surface area contributed by atoms with Gasteiger partial charge in [-0.2, -0.15) is 0 Å². The Morgan fingerprint density at radius 3 is 2.53 bits per heavy atom. The number of halogens is 3. The lowest BCUT2D eigenvalue weighted by Gasteiger charge is -2.18. The van der Waals surface area contributed by atoms with Crippen LogP contribution in [0, 0.1) is 5.82 Å². The SMILES string of the molecule is OC(CCCl)C(O)c1c(F)cccc1Cl. The molecule has 2 unspecified atom stereocenters. The number of aliphatic hydroxyl groups is 2. The van der Waals surface area contributed by atoms with Gasteiger partial charge in [0.2, 0.25) is 0 Å². The smallest absolute Gasteiger partial charge is 0.130 e. The van der Waals surface area contributed by atoms with Gasteiger partial charge in [0.05, 0.1) is 6.10 Å². The Balaban J connectivity index is 2.94. The van der Waals surface area contributed by atoms with E-state index in [1.165, 1.54) is 18.2 Å². The minimum Gasteiger partial charge on any atom is -0.390 e. The molecule has 1 aromatic rings. The molecule has 0 heterocycles. The third kappa shape index (κ3) is 3.05. The van der Waals surface area contributed by atoms with Crippen molar-refractivity contribution in [3.05, 3.63) is 34.6 Å². The molecule has 0 aromatic heterocycles. The van der Waals surface area contributed by atoms with Gasteiger partial charge in [0.15, 0.2) is 0 Å². The highest BCUT2D eigenvalue weighted by atomic mass is 35.5. The van der Waals surface area contributed by atoms with Crippen LogP contribution in [0.2, 0.25) is 5.02 Å². The molecule has 1 rings (SSSR count). The van der Waals surface area contributed by atoms with Gasteiger partial charge in [0.1, 0.15) is 11.9 Å². The van der Waals surface area contributed by atoms with Crippen molar-refractivity contribution in [2.75, 3.05) is 5.88 Å². The van der Waals surface area contributed by atoms with Gasteiger partial charge in [0.25, 0.3) is 0 Å². The molecule has 0 aliphatic rings. The maximum Gasteiger partial charge on any atom is 0.130 e. The fraction of sp³-hybridized carbons (Fsp3) is 0.400. The summed E-state index contributed by atoms with van der Waals surface area (Å²) in [6, 6.07) is 4.07. The van der Waals surface area contributed by atoms with E-state index in [2.05, 4.69) is 0 Å². The molecule has 5 heteroatoms. The lowest BCUT2D eigenvalue weighted by molar-refractivity contribution is 0.0150. The van der Waals surface area contributed by atoms with Crippen LogP contribution in [0.15, 0.2) is 18.2 Å². The van der Waals surface area contributed by atoms with Crippen molar-refractivity contribution >= 4 is 23.2 Å².